The maximum Gasteiger partial charge on any atom is 0.255 e. The molecular weight excluding hydrogens is 300 g/mol. The Bertz CT molecular complexity index is 767. The van der Waals surface area contributed by atoms with Gasteiger partial charge in [0.25, 0.3) is 5.91 Å². The minimum Gasteiger partial charge on any atom is -0.335 e. The Morgan fingerprint density at radius 3 is 2.62 bits per heavy atom. The molecule has 0 bridgehead atoms. The Morgan fingerprint density at radius 2 is 1.96 bits per heavy atom. The minimum absolute atomic E-state index is 0.0301. The highest BCUT2D eigenvalue weighted by Gasteiger charge is 2.35. The first-order valence-electron chi connectivity index (χ1n) is 8.64. The molecule has 1 amide bonds. The van der Waals surface area contributed by atoms with Gasteiger partial charge >= 0.3 is 0 Å². The molecule has 4 nitrogen and oxygen atoms in total. The first-order valence-corrected chi connectivity index (χ1v) is 8.64. The van der Waals surface area contributed by atoms with Crippen LogP contribution >= 0.6 is 0 Å². The molecule has 1 saturated heterocycles. The van der Waals surface area contributed by atoms with Gasteiger partial charge in [-0.25, -0.2) is 0 Å². The molecule has 1 aliphatic rings. The minimum atomic E-state index is -0.0970. The molecule has 0 aliphatic carbocycles. The van der Waals surface area contributed by atoms with E-state index in [0.717, 1.165) is 25.8 Å². The fourth-order valence-electron chi connectivity index (χ4n) is 3.78. The van der Waals surface area contributed by atoms with Crippen LogP contribution in [0, 0.1) is 0 Å². The number of amides is 1. The summed E-state index contributed by atoms with van der Waals surface area (Å²) in [6.07, 6.45) is 4.71. The summed E-state index contributed by atoms with van der Waals surface area (Å²) in [5.74, 6) is 0.382. The molecule has 1 aromatic carbocycles. The number of likely N-dealkylation sites (tertiary alicyclic amines) is 1. The number of carbonyl (C=O) groups excluding carboxylic acids is 1. The fraction of sp³-hybridized carbons (Fsp3) is 0.400. The summed E-state index contributed by atoms with van der Waals surface area (Å²) in [5, 5.41) is 0. The van der Waals surface area contributed by atoms with E-state index in [9.17, 15) is 9.59 Å². The van der Waals surface area contributed by atoms with Gasteiger partial charge in [-0.15, -0.1) is 0 Å². The Kier molecular flexibility index (Phi) is 4.84. The van der Waals surface area contributed by atoms with Crippen LogP contribution in [0.25, 0.3) is 0 Å². The van der Waals surface area contributed by atoms with E-state index in [1.54, 1.807) is 19.3 Å². The third kappa shape index (κ3) is 3.14. The van der Waals surface area contributed by atoms with Crippen molar-refractivity contribution in [2.75, 3.05) is 6.54 Å². The molecule has 1 fully saturated rings. The van der Waals surface area contributed by atoms with E-state index in [1.807, 2.05) is 11.0 Å². The van der Waals surface area contributed by atoms with Gasteiger partial charge in [0.05, 0.1) is 5.56 Å². The zero-order valence-corrected chi connectivity index (χ0v) is 14.3. The molecule has 2 aromatic rings. The normalized spacial score (nSPS) is 18.6. The lowest BCUT2D eigenvalue weighted by molar-refractivity contribution is 0.0713. The second-order valence-corrected chi connectivity index (χ2v) is 6.50. The third-order valence-corrected chi connectivity index (χ3v) is 5.02. The summed E-state index contributed by atoms with van der Waals surface area (Å²) in [6, 6.07) is 13.8. The number of nitrogens with zero attached hydrogens (tertiary/aromatic N) is 2. The summed E-state index contributed by atoms with van der Waals surface area (Å²) in [4.78, 5) is 26.5. The highest BCUT2D eigenvalue weighted by atomic mass is 16.2. The van der Waals surface area contributed by atoms with Crippen LogP contribution in [0.4, 0.5) is 0 Å². The van der Waals surface area contributed by atoms with Gasteiger partial charge in [-0.3, -0.25) is 9.59 Å². The van der Waals surface area contributed by atoms with Gasteiger partial charge in [0.1, 0.15) is 0 Å². The van der Waals surface area contributed by atoms with Crippen molar-refractivity contribution >= 4 is 5.91 Å². The maximum absolute atomic E-state index is 13.0. The molecule has 126 valence electrons. The Morgan fingerprint density at radius 1 is 1.21 bits per heavy atom. The van der Waals surface area contributed by atoms with Crippen LogP contribution in [-0.2, 0) is 7.05 Å². The lowest BCUT2D eigenvalue weighted by atomic mass is 9.87. The van der Waals surface area contributed by atoms with Crippen LogP contribution in [0.3, 0.4) is 0 Å². The second kappa shape index (κ2) is 7.04. The summed E-state index contributed by atoms with van der Waals surface area (Å²) in [7, 11) is 1.68. The summed E-state index contributed by atoms with van der Waals surface area (Å²) in [5.41, 5.74) is 1.79. The fourth-order valence-corrected chi connectivity index (χ4v) is 3.78. The maximum atomic E-state index is 13.0. The number of rotatable bonds is 4. The highest BCUT2D eigenvalue weighted by molar-refractivity contribution is 5.94. The van der Waals surface area contributed by atoms with Crippen LogP contribution in [0.5, 0.6) is 0 Å². The number of hydrogen-bond donors (Lipinski definition) is 0. The van der Waals surface area contributed by atoms with Crippen molar-refractivity contribution in [3.05, 3.63) is 70.1 Å². The second-order valence-electron chi connectivity index (χ2n) is 6.50. The molecule has 0 spiro atoms. The van der Waals surface area contributed by atoms with Crippen LogP contribution in [0.1, 0.15) is 48.0 Å². The highest BCUT2D eigenvalue weighted by Crippen LogP contribution is 2.34. The van der Waals surface area contributed by atoms with E-state index < -0.39 is 0 Å². The van der Waals surface area contributed by atoms with E-state index in [1.165, 1.54) is 16.2 Å². The Balaban J connectivity index is 1.88. The average molecular weight is 324 g/mol. The topological polar surface area (TPSA) is 42.3 Å². The first-order chi connectivity index (χ1) is 11.6. The van der Waals surface area contributed by atoms with Gasteiger partial charge < -0.3 is 9.47 Å². The molecule has 3 rings (SSSR count). The molecule has 2 heterocycles. The molecular formula is C20H24N2O2. The number of hydrogen-bond acceptors (Lipinski definition) is 2. The SMILES string of the molecule is CC[C@H](c1ccccc1)[C@H]1CCCN1C(=O)c1ccc(=O)n(C)c1. The number of carbonyl (C=O) groups is 1. The quantitative estimate of drug-likeness (QED) is 0.867. The number of aryl methyl sites for hydroxylation is 1. The van der Waals surface area contributed by atoms with E-state index in [4.69, 9.17) is 0 Å². The van der Waals surface area contributed by atoms with E-state index >= 15 is 0 Å². The molecule has 2 atom stereocenters. The van der Waals surface area contributed by atoms with Crippen molar-refractivity contribution in [3.8, 4) is 0 Å². The summed E-state index contributed by atoms with van der Waals surface area (Å²) >= 11 is 0. The third-order valence-electron chi connectivity index (χ3n) is 5.02. The van der Waals surface area contributed by atoms with E-state index in [2.05, 4.69) is 31.2 Å². The monoisotopic (exact) mass is 324 g/mol. The van der Waals surface area contributed by atoms with Gasteiger partial charge in [0.2, 0.25) is 5.56 Å². The predicted molar refractivity (Wildman–Crippen MR) is 95.2 cm³/mol. The molecule has 0 saturated carbocycles. The summed E-state index contributed by atoms with van der Waals surface area (Å²) in [6.45, 7) is 2.97. The van der Waals surface area contributed by atoms with Crippen LogP contribution in [0.2, 0.25) is 0 Å². The Hall–Kier alpha value is -2.36. The first kappa shape index (κ1) is 16.5. The van der Waals surface area contributed by atoms with Crippen molar-refractivity contribution in [3.63, 3.8) is 0 Å². The van der Waals surface area contributed by atoms with Gasteiger partial charge in [0, 0.05) is 37.8 Å². The molecule has 1 aromatic heterocycles. The molecule has 0 radical (unpaired) electrons. The smallest absolute Gasteiger partial charge is 0.255 e. The van der Waals surface area contributed by atoms with Crippen molar-refractivity contribution in [2.45, 2.75) is 38.1 Å². The predicted octanol–water partition coefficient (Wildman–Crippen LogP) is 3.18. The van der Waals surface area contributed by atoms with Crippen molar-refractivity contribution < 1.29 is 4.79 Å². The van der Waals surface area contributed by atoms with Gasteiger partial charge in [-0.05, 0) is 30.9 Å². The van der Waals surface area contributed by atoms with Gasteiger partial charge in [-0.2, -0.15) is 0 Å². The van der Waals surface area contributed by atoms with Gasteiger partial charge in [0.15, 0.2) is 0 Å². The van der Waals surface area contributed by atoms with Crippen molar-refractivity contribution in [1.82, 2.24) is 9.47 Å². The molecule has 24 heavy (non-hydrogen) atoms. The average Bonchev–Trinajstić information content (AvgIpc) is 3.08. The zero-order chi connectivity index (χ0) is 17.1. The van der Waals surface area contributed by atoms with E-state index in [-0.39, 0.29) is 17.5 Å². The molecule has 0 unspecified atom stereocenters. The number of pyridine rings is 1. The summed E-state index contributed by atoms with van der Waals surface area (Å²) < 4.78 is 1.47. The molecule has 0 N–H and O–H groups in total. The van der Waals surface area contributed by atoms with E-state index in [0.29, 0.717) is 11.5 Å². The molecule has 1 aliphatic heterocycles. The number of benzene rings is 1. The van der Waals surface area contributed by atoms with Crippen LogP contribution < -0.4 is 5.56 Å². The van der Waals surface area contributed by atoms with Crippen molar-refractivity contribution in [1.29, 1.82) is 0 Å². The lowest BCUT2D eigenvalue weighted by Crippen LogP contribution is -2.39. The van der Waals surface area contributed by atoms with Gasteiger partial charge in [-0.1, -0.05) is 37.3 Å². The van der Waals surface area contributed by atoms with Crippen molar-refractivity contribution in [2.24, 2.45) is 7.05 Å². The zero-order valence-electron chi connectivity index (χ0n) is 14.3. The standard InChI is InChI=1S/C20H24N2O2/c1-3-17(15-8-5-4-6-9-15)18-10-7-13-22(18)20(24)16-11-12-19(23)21(2)14-16/h4-6,8-9,11-12,14,17-18H,3,7,10,13H2,1-2H3/t17-,18-/m1/s1. The van der Waals surface area contributed by atoms with Crippen LogP contribution in [0.15, 0.2) is 53.5 Å². The van der Waals surface area contributed by atoms with Crippen LogP contribution in [-0.4, -0.2) is 28.0 Å². The Labute approximate surface area is 142 Å². The lowest BCUT2D eigenvalue weighted by Gasteiger charge is -2.31. The number of aromatic nitrogens is 1. The largest absolute Gasteiger partial charge is 0.335 e. The molecule has 4 heteroatoms.